The van der Waals surface area contributed by atoms with Gasteiger partial charge in [-0.3, -0.25) is 4.79 Å². The number of rotatable bonds is 6. The molecule has 23 heavy (non-hydrogen) atoms. The van der Waals surface area contributed by atoms with Gasteiger partial charge in [0, 0.05) is 31.7 Å². The molecule has 0 bridgehead atoms. The van der Waals surface area contributed by atoms with Gasteiger partial charge in [0.15, 0.2) is 0 Å². The van der Waals surface area contributed by atoms with Gasteiger partial charge in [-0.1, -0.05) is 31.5 Å². The van der Waals surface area contributed by atoms with E-state index >= 15 is 0 Å². The SMILES string of the molecule is CCCCN(C)C(=O)c1cnc(Nc2c(C)cccc2C)nc1. The van der Waals surface area contributed by atoms with E-state index < -0.39 is 0 Å². The van der Waals surface area contributed by atoms with Crippen LogP contribution in [-0.2, 0) is 0 Å². The normalized spacial score (nSPS) is 10.4. The minimum absolute atomic E-state index is 0.0444. The van der Waals surface area contributed by atoms with E-state index in [0.29, 0.717) is 11.5 Å². The fourth-order valence-corrected chi connectivity index (χ4v) is 2.34. The lowest BCUT2D eigenvalue weighted by Crippen LogP contribution is -2.27. The monoisotopic (exact) mass is 312 g/mol. The summed E-state index contributed by atoms with van der Waals surface area (Å²) in [6.45, 7) is 6.93. The topological polar surface area (TPSA) is 58.1 Å². The molecule has 0 saturated heterocycles. The molecule has 122 valence electrons. The zero-order valence-corrected chi connectivity index (χ0v) is 14.3. The van der Waals surface area contributed by atoms with Crippen molar-refractivity contribution in [1.29, 1.82) is 0 Å². The van der Waals surface area contributed by atoms with Crippen molar-refractivity contribution in [3.05, 3.63) is 47.3 Å². The zero-order chi connectivity index (χ0) is 16.8. The highest BCUT2D eigenvalue weighted by molar-refractivity contribution is 5.93. The summed E-state index contributed by atoms with van der Waals surface area (Å²) < 4.78 is 0. The van der Waals surface area contributed by atoms with Gasteiger partial charge in [-0.25, -0.2) is 9.97 Å². The van der Waals surface area contributed by atoms with Crippen molar-refractivity contribution in [2.24, 2.45) is 0 Å². The number of para-hydroxylation sites is 1. The number of aryl methyl sites for hydroxylation is 2. The molecule has 1 amide bonds. The van der Waals surface area contributed by atoms with Crippen molar-refractivity contribution in [3.63, 3.8) is 0 Å². The third-order valence-corrected chi connectivity index (χ3v) is 3.81. The van der Waals surface area contributed by atoms with E-state index in [4.69, 9.17) is 0 Å². The average molecular weight is 312 g/mol. The van der Waals surface area contributed by atoms with Crippen LogP contribution < -0.4 is 5.32 Å². The van der Waals surface area contributed by atoms with Crippen LogP contribution in [0.25, 0.3) is 0 Å². The number of benzene rings is 1. The lowest BCUT2D eigenvalue weighted by Gasteiger charge is -2.16. The molecule has 1 aromatic heterocycles. The van der Waals surface area contributed by atoms with Crippen molar-refractivity contribution >= 4 is 17.5 Å². The smallest absolute Gasteiger partial charge is 0.256 e. The molecule has 2 rings (SSSR count). The molecule has 1 aromatic carbocycles. The van der Waals surface area contributed by atoms with Gasteiger partial charge >= 0.3 is 0 Å². The Labute approximate surface area is 137 Å². The third kappa shape index (κ3) is 4.28. The number of anilines is 2. The Morgan fingerprint density at radius 2 is 1.78 bits per heavy atom. The van der Waals surface area contributed by atoms with Crippen molar-refractivity contribution in [2.45, 2.75) is 33.6 Å². The molecule has 0 aliphatic carbocycles. The minimum Gasteiger partial charge on any atom is -0.342 e. The molecular weight excluding hydrogens is 288 g/mol. The van der Waals surface area contributed by atoms with Gasteiger partial charge in [-0.05, 0) is 31.4 Å². The summed E-state index contributed by atoms with van der Waals surface area (Å²) in [6, 6.07) is 6.09. The van der Waals surface area contributed by atoms with E-state index in [1.807, 2.05) is 32.0 Å². The number of hydrogen-bond acceptors (Lipinski definition) is 4. The van der Waals surface area contributed by atoms with Gasteiger partial charge in [0.05, 0.1) is 5.56 Å². The third-order valence-electron chi connectivity index (χ3n) is 3.81. The van der Waals surface area contributed by atoms with E-state index in [2.05, 4.69) is 22.2 Å². The van der Waals surface area contributed by atoms with Crippen LogP contribution in [0.5, 0.6) is 0 Å². The number of hydrogen-bond donors (Lipinski definition) is 1. The molecule has 0 fully saturated rings. The van der Waals surface area contributed by atoms with Crippen molar-refractivity contribution < 1.29 is 4.79 Å². The van der Waals surface area contributed by atoms with Gasteiger partial charge in [-0.15, -0.1) is 0 Å². The Kier molecular flexibility index (Phi) is 5.68. The minimum atomic E-state index is -0.0444. The second-order valence-electron chi connectivity index (χ2n) is 5.77. The van der Waals surface area contributed by atoms with Crippen LogP contribution in [0, 0.1) is 13.8 Å². The quantitative estimate of drug-likeness (QED) is 0.883. The first kappa shape index (κ1) is 16.9. The van der Waals surface area contributed by atoms with Crippen LogP contribution in [0.4, 0.5) is 11.6 Å². The molecule has 1 heterocycles. The zero-order valence-electron chi connectivity index (χ0n) is 14.3. The maximum absolute atomic E-state index is 12.3. The fraction of sp³-hybridized carbons (Fsp3) is 0.389. The van der Waals surface area contributed by atoms with E-state index in [-0.39, 0.29) is 5.91 Å². The molecule has 0 radical (unpaired) electrons. The summed E-state index contributed by atoms with van der Waals surface area (Å²) in [7, 11) is 1.81. The van der Waals surface area contributed by atoms with Gasteiger partial charge in [0.25, 0.3) is 5.91 Å². The lowest BCUT2D eigenvalue weighted by atomic mass is 10.1. The molecule has 2 aromatic rings. The number of unbranched alkanes of at least 4 members (excludes halogenated alkanes) is 1. The molecule has 0 unspecified atom stereocenters. The van der Waals surface area contributed by atoms with Crippen molar-refractivity contribution in [3.8, 4) is 0 Å². The second kappa shape index (κ2) is 7.72. The number of aromatic nitrogens is 2. The fourth-order valence-electron chi connectivity index (χ4n) is 2.34. The van der Waals surface area contributed by atoms with Crippen molar-refractivity contribution in [1.82, 2.24) is 14.9 Å². The Morgan fingerprint density at radius 1 is 1.17 bits per heavy atom. The highest BCUT2D eigenvalue weighted by Crippen LogP contribution is 2.22. The first-order valence-electron chi connectivity index (χ1n) is 7.93. The maximum Gasteiger partial charge on any atom is 0.256 e. The molecular formula is C18H24N4O. The standard InChI is InChI=1S/C18H24N4O/c1-5-6-10-22(4)17(23)15-11-19-18(20-12-15)21-16-13(2)8-7-9-14(16)3/h7-9,11-12H,5-6,10H2,1-4H3,(H,19,20,21). The van der Waals surface area contributed by atoms with Gasteiger partial charge in [-0.2, -0.15) is 0 Å². The van der Waals surface area contributed by atoms with Crippen LogP contribution in [0.15, 0.2) is 30.6 Å². The molecule has 0 atom stereocenters. The summed E-state index contributed by atoms with van der Waals surface area (Å²) in [5.74, 6) is 0.451. The highest BCUT2D eigenvalue weighted by Gasteiger charge is 2.12. The number of amides is 1. The number of carbonyl (C=O) groups is 1. The molecule has 5 heteroatoms. The molecule has 0 aliphatic heterocycles. The molecule has 0 spiro atoms. The first-order valence-corrected chi connectivity index (χ1v) is 7.93. The Balaban J connectivity index is 2.09. The second-order valence-corrected chi connectivity index (χ2v) is 5.77. The Morgan fingerprint density at radius 3 is 2.35 bits per heavy atom. The number of nitrogens with one attached hydrogen (secondary N) is 1. The van der Waals surface area contributed by atoms with Crippen LogP contribution in [0.2, 0.25) is 0 Å². The van der Waals surface area contributed by atoms with Crippen LogP contribution in [0.3, 0.4) is 0 Å². The molecule has 0 saturated carbocycles. The Bertz CT molecular complexity index is 647. The Hall–Kier alpha value is -2.43. The largest absolute Gasteiger partial charge is 0.342 e. The van der Waals surface area contributed by atoms with Crippen molar-refractivity contribution in [2.75, 3.05) is 18.9 Å². The summed E-state index contributed by atoms with van der Waals surface area (Å²) >= 11 is 0. The van der Waals surface area contributed by atoms with Crippen LogP contribution in [-0.4, -0.2) is 34.4 Å². The lowest BCUT2D eigenvalue weighted by molar-refractivity contribution is 0.0792. The average Bonchev–Trinajstić information content (AvgIpc) is 2.56. The van der Waals surface area contributed by atoms with Gasteiger partial charge in [0.2, 0.25) is 5.95 Å². The summed E-state index contributed by atoms with van der Waals surface area (Å²) in [5.41, 5.74) is 3.78. The highest BCUT2D eigenvalue weighted by atomic mass is 16.2. The van der Waals surface area contributed by atoms with Crippen LogP contribution >= 0.6 is 0 Å². The van der Waals surface area contributed by atoms with E-state index in [9.17, 15) is 4.79 Å². The van der Waals surface area contributed by atoms with Gasteiger partial charge < -0.3 is 10.2 Å². The molecule has 0 aliphatic rings. The van der Waals surface area contributed by atoms with E-state index in [0.717, 1.165) is 36.2 Å². The van der Waals surface area contributed by atoms with Crippen LogP contribution in [0.1, 0.15) is 41.3 Å². The predicted octanol–water partition coefficient (Wildman–Crippen LogP) is 3.71. The van der Waals surface area contributed by atoms with E-state index in [1.54, 1.807) is 24.3 Å². The first-order chi connectivity index (χ1) is 11.0. The summed E-state index contributed by atoms with van der Waals surface area (Å²) in [5, 5.41) is 3.22. The van der Waals surface area contributed by atoms with E-state index in [1.165, 1.54) is 0 Å². The maximum atomic E-state index is 12.3. The summed E-state index contributed by atoms with van der Waals surface area (Å²) in [6.07, 6.45) is 5.21. The predicted molar refractivity (Wildman–Crippen MR) is 93.1 cm³/mol. The number of carbonyl (C=O) groups excluding carboxylic acids is 1. The van der Waals surface area contributed by atoms with Gasteiger partial charge in [0.1, 0.15) is 0 Å². The summed E-state index contributed by atoms with van der Waals surface area (Å²) in [4.78, 5) is 22.5. The molecule has 5 nitrogen and oxygen atoms in total. The molecule has 1 N–H and O–H groups in total. The number of nitrogens with zero attached hydrogens (tertiary/aromatic N) is 3.